The quantitative estimate of drug-likeness (QED) is 0.670. The number of imidazole rings is 1. The SMILES string of the molecule is C=C(C)N=C(OCc1ccc(CC)cc1)c1nc[nH]c1C. The largest absolute Gasteiger partial charge is 0.471 e. The highest BCUT2D eigenvalue weighted by molar-refractivity contribution is 5.93. The molecule has 0 aliphatic rings. The van der Waals surface area contributed by atoms with E-state index in [1.165, 1.54) is 5.56 Å². The van der Waals surface area contributed by atoms with Gasteiger partial charge in [-0.05, 0) is 31.4 Å². The molecule has 0 radical (unpaired) electrons. The second kappa shape index (κ2) is 6.88. The highest BCUT2D eigenvalue weighted by atomic mass is 16.5. The fraction of sp³-hybridized carbons (Fsp3) is 0.294. The Morgan fingerprint density at radius 3 is 2.48 bits per heavy atom. The van der Waals surface area contributed by atoms with E-state index in [4.69, 9.17) is 4.74 Å². The van der Waals surface area contributed by atoms with E-state index in [2.05, 4.69) is 52.7 Å². The van der Waals surface area contributed by atoms with Crippen LogP contribution in [0.5, 0.6) is 0 Å². The van der Waals surface area contributed by atoms with E-state index in [0.717, 1.165) is 23.4 Å². The molecule has 0 fully saturated rings. The Labute approximate surface area is 125 Å². The second-order valence-corrected chi connectivity index (χ2v) is 4.99. The summed E-state index contributed by atoms with van der Waals surface area (Å²) in [6.45, 7) is 10.2. The molecule has 0 saturated carbocycles. The van der Waals surface area contributed by atoms with Crippen molar-refractivity contribution >= 4 is 5.90 Å². The van der Waals surface area contributed by atoms with Gasteiger partial charge in [-0.15, -0.1) is 0 Å². The standard InChI is InChI=1S/C17H21N3O/c1-5-14-6-8-15(9-7-14)10-21-17(20-12(2)3)16-13(4)18-11-19-16/h6-9,11H,2,5,10H2,1,3-4H3,(H,18,19). The molecule has 1 aromatic heterocycles. The Morgan fingerprint density at radius 1 is 1.29 bits per heavy atom. The lowest BCUT2D eigenvalue weighted by Gasteiger charge is -2.09. The van der Waals surface area contributed by atoms with Gasteiger partial charge in [0.15, 0.2) is 0 Å². The molecule has 1 N–H and O–H groups in total. The first-order chi connectivity index (χ1) is 10.1. The van der Waals surface area contributed by atoms with Gasteiger partial charge in [0.1, 0.15) is 12.3 Å². The number of nitrogens with zero attached hydrogens (tertiary/aromatic N) is 2. The van der Waals surface area contributed by atoms with Gasteiger partial charge in [-0.2, -0.15) is 0 Å². The van der Waals surface area contributed by atoms with Gasteiger partial charge < -0.3 is 9.72 Å². The molecule has 4 nitrogen and oxygen atoms in total. The molecule has 0 spiro atoms. The molecule has 0 bridgehead atoms. The highest BCUT2D eigenvalue weighted by Gasteiger charge is 2.11. The topological polar surface area (TPSA) is 50.3 Å². The molecule has 21 heavy (non-hydrogen) atoms. The minimum absolute atomic E-state index is 0.461. The van der Waals surface area contributed by atoms with Crippen LogP contribution >= 0.6 is 0 Å². The van der Waals surface area contributed by atoms with Crippen molar-refractivity contribution in [3.05, 3.63) is 65.4 Å². The summed E-state index contributed by atoms with van der Waals surface area (Å²) in [5.41, 5.74) is 4.76. The lowest BCUT2D eigenvalue weighted by molar-refractivity contribution is 0.292. The van der Waals surface area contributed by atoms with Gasteiger partial charge in [-0.1, -0.05) is 37.8 Å². The van der Waals surface area contributed by atoms with Gasteiger partial charge in [-0.25, -0.2) is 9.98 Å². The number of aryl methyl sites for hydroxylation is 2. The van der Waals surface area contributed by atoms with Gasteiger partial charge in [0.25, 0.3) is 0 Å². The van der Waals surface area contributed by atoms with Crippen LogP contribution in [-0.4, -0.2) is 15.9 Å². The first-order valence-corrected chi connectivity index (χ1v) is 7.05. The number of benzene rings is 1. The molecule has 0 amide bonds. The van der Waals surface area contributed by atoms with E-state index in [1.807, 2.05) is 13.8 Å². The zero-order valence-electron chi connectivity index (χ0n) is 12.8. The third-order valence-corrected chi connectivity index (χ3v) is 3.13. The lowest BCUT2D eigenvalue weighted by atomic mass is 10.1. The first kappa shape index (κ1) is 15.0. The van der Waals surface area contributed by atoms with Crippen LogP contribution in [0.3, 0.4) is 0 Å². The van der Waals surface area contributed by atoms with E-state index in [9.17, 15) is 0 Å². The number of H-pyrrole nitrogens is 1. The van der Waals surface area contributed by atoms with Crippen molar-refractivity contribution in [2.75, 3.05) is 0 Å². The van der Waals surface area contributed by atoms with Crippen LogP contribution in [-0.2, 0) is 17.8 Å². The zero-order chi connectivity index (χ0) is 15.2. The fourth-order valence-electron chi connectivity index (χ4n) is 1.92. The van der Waals surface area contributed by atoms with Gasteiger partial charge in [-0.3, -0.25) is 0 Å². The number of nitrogens with one attached hydrogen (secondary N) is 1. The average molecular weight is 283 g/mol. The van der Waals surface area contributed by atoms with Gasteiger partial charge in [0.05, 0.1) is 6.33 Å². The van der Waals surface area contributed by atoms with Gasteiger partial charge >= 0.3 is 0 Å². The van der Waals surface area contributed by atoms with Crippen LogP contribution in [0.2, 0.25) is 0 Å². The average Bonchev–Trinajstić information content (AvgIpc) is 2.90. The maximum Gasteiger partial charge on any atom is 0.242 e. The summed E-state index contributed by atoms with van der Waals surface area (Å²) in [5.74, 6) is 0.501. The number of aliphatic imine (C=N–C) groups is 1. The number of hydrogen-bond donors (Lipinski definition) is 1. The van der Waals surface area contributed by atoms with Crippen molar-refractivity contribution in [1.82, 2.24) is 9.97 Å². The molecule has 2 rings (SSSR count). The number of allylic oxidation sites excluding steroid dienone is 1. The normalized spacial score (nSPS) is 11.5. The van der Waals surface area contributed by atoms with Gasteiger partial charge in [0.2, 0.25) is 5.90 Å². The number of aromatic amines is 1. The van der Waals surface area contributed by atoms with E-state index in [0.29, 0.717) is 18.2 Å². The molecule has 0 saturated heterocycles. The number of hydrogen-bond acceptors (Lipinski definition) is 3. The summed E-state index contributed by atoms with van der Waals surface area (Å²) in [5, 5.41) is 0. The molecule has 110 valence electrons. The monoisotopic (exact) mass is 283 g/mol. The molecule has 0 unspecified atom stereocenters. The number of ether oxygens (including phenoxy) is 1. The van der Waals surface area contributed by atoms with Crippen molar-refractivity contribution < 1.29 is 4.74 Å². The Morgan fingerprint density at radius 2 is 1.95 bits per heavy atom. The maximum absolute atomic E-state index is 5.84. The van der Waals surface area contributed by atoms with Crippen molar-refractivity contribution in [3.63, 3.8) is 0 Å². The van der Waals surface area contributed by atoms with Crippen LogP contribution in [0.15, 0.2) is 47.9 Å². The third-order valence-electron chi connectivity index (χ3n) is 3.13. The molecule has 1 heterocycles. The number of rotatable bonds is 5. The Bertz CT molecular complexity index is 638. The second-order valence-electron chi connectivity index (χ2n) is 4.99. The number of aromatic nitrogens is 2. The molecular formula is C17H21N3O. The van der Waals surface area contributed by atoms with Crippen molar-refractivity contribution in [2.45, 2.75) is 33.8 Å². The summed E-state index contributed by atoms with van der Waals surface area (Å²) < 4.78 is 5.84. The Hall–Kier alpha value is -2.36. The van der Waals surface area contributed by atoms with Crippen molar-refractivity contribution in [1.29, 1.82) is 0 Å². The van der Waals surface area contributed by atoms with E-state index < -0.39 is 0 Å². The van der Waals surface area contributed by atoms with E-state index >= 15 is 0 Å². The lowest BCUT2D eigenvalue weighted by Crippen LogP contribution is -2.09. The van der Waals surface area contributed by atoms with Crippen LogP contribution in [0.4, 0.5) is 0 Å². The Balaban J connectivity index is 2.13. The van der Waals surface area contributed by atoms with Crippen molar-refractivity contribution in [2.24, 2.45) is 4.99 Å². The summed E-state index contributed by atoms with van der Waals surface area (Å²) in [6, 6.07) is 8.39. The molecular weight excluding hydrogens is 262 g/mol. The maximum atomic E-state index is 5.84. The van der Waals surface area contributed by atoms with Crippen LogP contribution < -0.4 is 0 Å². The minimum Gasteiger partial charge on any atom is -0.471 e. The van der Waals surface area contributed by atoms with Gasteiger partial charge in [0, 0.05) is 11.4 Å². The summed E-state index contributed by atoms with van der Waals surface area (Å²) >= 11 is 0. The molecule has 2 aromatic rings. The minimum atomic E-state index is 0.461. The smallest absolute Gasteiger partial charge is 0.242 e. The molecule has 0 atom stereocenters. The van der Waals surface area contributed by atoms with Crippen LogP contribution in [0, 0.1) is 6.92 Å². The Kier molecular flexibility index (Phi) is 4.93. The summed E-state index contributed by atoms with van der Waals surface area (Å²) in [4.78, 5) is 11.6. The van der Waals surface area contributed by atoms with Crippen LogP contribution in [0.1, 0.15) is 36.4 Å². The summed E-state index contributed by atoms with van der Waals surface area (Å²) in [7, 11) is 0. The highest BCUT2D eigenvalue weighted by Crippen LogP contribution is 2.11. The van der Waals surface area contributed by atoms with E-state index in [1.54, 1.807) is 6.33 Å². The molecule has 4 heteroatoms. The van der Waals surface area contributed by atoms with E-state index in [-0.39, 0.29) is 0 Å². The molecule has 0 aliphatic carbocycles. The predicted molar refractivity (Wildman–Crippen MR) is 85.3 cm³/mol. The molecule has 1 aromatic carbocycles. The zero-order valence-corrected chi connectivity index (χ0v) is 12.8. The molecule has 0 aliphatic heterocycles. The third kappa shape index (κ3) is 4.05. The predicted octanol–water partition coefficient (Wildman–Crippen LogP) is 3.78. The fourth-order valence-corrected chi connectivity index (χ4v) is 1.92. The first-order valence-electron chi connectivity index (χ1n) is 7.05. The van der Waals surface area contributed by atoms with Crippen LogP contribution in [0.25, 0.3) is 0 Å². The summed E-state index contributed by atoms with van der Waals surface area (Å²) in [6.07, 6.45) is 2.67. The van der Waals surface area contributed by atoms with Crippen molar-refractivity contribution in [3.8, 4) is 0 Å².